The molecule has 21 heavy (non-hydrogen) atoms. The van der Waals surface area contributed by atoms with Crippen molar-refractivity contribution in [3.8, 4) is 0 Å². The summed E-state index contributed by atoms with van der Waals surface area (Å²) < 4.78 is 0. The van der Waals surface area contributed by atoms with Gasteiger partial charge >= 0.3 is 0 Å². The zero-order chi connectivity index (χ0) is 15.2. The Bertz CT molecular complexity index is 574. The van der Waals surface area contributed by atoms with Gasteiger partial charge in [-0.05, 0) is 29.7 Å². The first-order chi connectivity index (χ1) is 10.2. The minimum atomic E-state index is -0.122. The van der Waals surface area contributed by atoms with Crippen LogP contribution in [0.25, 0.3) is 0 Å². The smallest absolute Gasteiger partial charge is 0.0626 e. The van der Waals surface area contributed by atoms with E-state index in [0.29, 0.717) is 10.0 Å². The Balaban J connectivity index is 2.21. The van der Waals surface area contributed by atoms with Crippen LogP contribution in [0.4, 0.5) is 0 Å². The number of aliphatic hydroxyl groups is 1. The first kappa shape index (κ1) is 16.3. The van der Waals surface area contributed by atoms with Gasteiger partial charge in [-0.25, -0.2) is 0 Å². The molecule has 112 valence electrons. The molecule has 0 spiro atoms. The molecule has 0 radical (unpaired) electrons. The summed E-state index contributed by atoms with van der Waals surface area (Å²) in [6.45, 7) is 2.12. The summed E-state index contributed by atoms with van der Waals surface area (Å²) in [5.41, 5.74) is 2.06. The normalized spacial score (nSPS) is 13.9. The number of nitrogens with one attached hydrogen (secondary N) is 1. The fourth-order valence-corrected chi connectivity index (χ4v) is 2.93. The Kier molecular flexibility index (Phi) is 6.07. The van der Waals surface area contributed by atoms with Crippen LogP contribution in [0.3, 0.4) is 0 Å². The summed E-state index contributed by atoms with van der Waals surface area (Å²) in [6.07, 6.45) is 0.866. The largest absolute Gasteiger partial charge is 0.394 e. The molecule has 2 N–H and O–H groups in total. The van der Waals surface area contributed by atoms with E-state index in [1.807, 2.05) is 42.5 Å². The Morgan fingerprint density at radius 2 is 1.76 bits per heavy atom. The third kappa shape index (κ3) is 4.21. The van der Waals surface area contributed by atoms with Crippen molar-refractivity contribution in [3.63, 3.8) is 0 Å². The molecule has 0 amide bonds. The van der Waals surface area contributed by atoms with Gasteiger partial charge in [0.2, 0.25) is 0 Å². The molecule has 0 saturated heterocycles. The maximum atomic E-state index is 9.67. The van der Waals surface area contributed by atoms with E-state index < -0.39 is 0 Å². The first-order valence-corrected chi connectivity index (χ1v) is 7.78. The minimum absolute atomic E-state index is 0.0335. The highest BCUT2D eigenvalue weighted by molar-refractivity contribution is 6.35. The molecule has 2 rings (SSSR count). The molecule has 0 heterocycles. The lowest BCUT2D eigenvalue weighted by atomic mass is 10.0. The first-order valence-electron chi connectivity index (χ1n) is 7.02. The van der Waals surface area contributed by atoms with Gasteiger partial charge in [0.1, 0.15) is 0 Å². The van der Waals surface area contributed by atoms with Crippen LogP contribution in [0.15, 0.2) is 48.5 Å². The van der Waals surface area contributed by atoms with Crippen molar-refractivity contribution in [2.75, 3.05) is 6.61 Å². The van der Waals surface area contributed by atoms with Gasteiger partial charge in [-0.15, -0.1) is 0 Å². The van der Waals surface area contributed by atoms with Crippen LogP contribution in [0.5, 0.6) is 0 Å². The van der Waals surface area contributed by atoms with E-state index in [4.69, 9.17) is 23.2 Å². The van der Waals surface area contributed by atoms with Crippen molar-refractivity contribution < 1.29 is 5.11 Å². The number of hydrogen-bond donors (Lipinski definition) is 2. The standard InChI is InChI=1S/C17H19Cl2NO/c1-2-16(14-9-8-13(18)10-15(14)19)20-17(11-21)12-6-4-3-5-7-12/h3-10,16-17,20-21H,2,11H2,1H3. The average Bonchev–Trinajstić information content (AvgIpc) is 2.50. The number of hydrogen-bond acceptors (Lipinski definition) is 2. The number of benzene rings is 2. The van der Waals surface area contributed by atoms with Crippen LogP contribution < -0.4 is 5.32 Å². The Morgan fingerprint density at radius 1 is 1.05 bits per heavy atom. The molecule has 0 aliphatic carbocycles. The van der Waals surface area contributed by atoms with E-state index >= 15 is 0 Å². The maximum absolute atomic E-state index is 9.67. The summed E-state index contributed by atoms with van der Waals surface area (Å²) in [6, 6.07) is 15.4. The second-order valence-electron chi connectivity index (χ2n) is 4.94. The van der Waals surface area contributed by atoms with Crippen LogP contribution in [0, 0.1) is 0 Å². The molecule has 0 bridgehead atoms. The SMILES string of the molecule is CCC(NC(CO)c1ccccc1)c1ccc(Cl)cc1Cl. The second-order valence-corrected chi connectivity index (χ2v) is 5.78. The van der Waals surface area contributed by atoms with Crippen LogP contribution in [0.2, 0.25) is 10.0 Å². The fraction of sp³-hybridized carbons (Fsp3) is 0.294. The number of halogens is 2. The summed E-state index contributed by atoms with van der Waals surface area (Å²) in [4.78, 5) is 0. The van der Waals surface area contributed by atoms with Gasteiger partial charge in [0.15, 0.2) is 0 Å². The van der Waals surface area contributed by atoms with E-state index in [9.17, 15) is 5.11 Å². The third-order valence-electron chi connectivity index (χ3n) is 3.53. The van der Waals surface area contributed by atoms with Gasteiger partial charge in [-0.3, -0.25) is 0 Å². The second kappa shape index (κ2) is 7.81. The minimum Gasteiger partial charge on any atom is -0.394 e. The summed E-state index contributed by atoms with van der Waals surface area (Å²) in [5, 5.41) is 14.4. The van der Waals surface area contributed by atoms with Crippen molar-refractivity contribution in [2.24, 2.45) is 0 Å². The quantitative estimate of drug-likeness (QED) is 0.802. The Morgan fingerprint density at radius 3 is 2.33 bits per heavy atom. The fourth-order valence-electron chi connectivity index (χ4n) is 2.39. The summed E-state index contributed by atoms with van der Waals surface area (Å²) >= 11 is 12.2. The molecule has 2 unspecified atom stereocenters. The molecule has 2 nitrogen and oxygen atoms in total. The number of aliphatic hydroxyl groups excluding tert-OH is 1. The molecule has 2 atom stereocenters. The third-order valence-corrected chi connectivity index (χ3v) is 4.10. The molecule has 0 aromatic heterocycles. The Labute approximate surface area is 135 Å². The molecule has 4 heteroatoms. The predicted molar refractivity (Wildman–Crippen MR) is 88.9 cm³/mol. The van der Waals surface area contributed by atoms with Crippen molar-refractivity contribution in [1.29, 1.82) is 0 Å². The Hall–Kier alpha value is -1.06. The molecule has 2 aromatic carbocycles. The van der Waals surface area contributed by atoms with Crippen molar-refractivity contribution >= 4 is 23.2 Å². The average molecular weight is 324 g/mol. The van der Waals surface area contributed by atoms with E-state index in [1.165, 1.54) is 0 Å². The molecule has 0 fully saturated rings. The highest BCUT2D eigenvalue weighted by atomic mass is 35.5. The lowest BCUT2D eigenvalue weighted by Gasteiger charge is -2.25. The van der Waals surface area contributed by atoms with Gasteiger partial charge in [-0.2, -0.15) is 0 Å². The zero-order valence-electron chi connectivity index (χ0n) is 11.9. The highest BCUT2D eigenvalue weighted by Crippen LogP contribution is 2.30. The van der Waals surface area contributed by atoms with Crippen molar-refractivity contribution in [1.82, 2.24) is 5.32 Å². The summed E-state index contributed by atoms with van der Waals surface area (Å²) in [5.74, 6) is 0. The van der Waals surface area contributed by atoms with Crippen molar-refractivity contribution in [3.05, 3.63) is 69.7 Å². The highest BCUT2D eigenvalue weighted by Gasteiger charge is 2.18. The lowest BCUT2D eigenvalue weighted by Crippen LogP contribution is -2.28. The van der Waals surface area contributed by atoms with E-state index in [2.05, 4.69) is 12.2 Å². The predicted octanol–water partition coefficient (Wildman–Crippen LogP) is 4.77. The molecular formula is C17H19Cl2NO. The zero-order valence-corrected chi connectivity index (χ0v) is 13.4. The van der Waals surface area contributed by atoms with Crippen LogP contribution in [0.1, 0.15) is 36.6 Å². The molecule has 0 saturated carbocycles. The van der Waals surface area contributed by atoms with Crippen LogP contribution in [-0.2, 0) is 0 Å². The van der Waals surface area contributed by atoms with Crippen LogP contribution >= 0.6 is 23.2 Å². The molecule has 0 aliphatic rings. The molecule has 2 aromatic rings. The van der Waals surface area contributed by atoms with Gasteiger partial charge in [-0.1, -0.05) is 66.5 Å². The van der Waals surface area contributed by atoms with Crippen LogP contribution in [-0.4, -0.2) is 11.7 Å². The van der Waals surface area contributed by atoms with Gasteiger partial charge < -0.3 is 10.4 Å². The molecule has 0 aliphatic heterocycles. The van der Waals surface area contributed by atoms with Gasteiger partial charge in [0, 0.05) is 16.1 Å². The van der Waals surface area contributed by atoms with E-state index in [1.54, 1.807) is 6.07 Å². The monoisotopic (exact) mass is 323 g/mol. The van der Waals surface area contributed by atoms with Crippen molar-refractivity contribution in [2.45, 2.75) is 25.4 Å². The number of rotatable bonds is 6. The topological polar surface area (TPSA) is 32.3 Å². The lowest BCUT2D eigenvalue weighted by molar-refractivity contribution is 0.232. The van der Waals surface area contributed by atoms with E-state index in [-0.39, 0.29) is 18.7 Å². The van der Waals surface area contributed by atoms with E-state index in [0.717, 1.165) is 17.5 Å². The van der Waals surface area contributed by atoms with Gasteiger partial charge in [0.25, 0.3) is 0 Å². The maximum Gasteiger partial charge on any atom is 0.0626 e. The molecular weight excluding hydrogens is 305 g/mol. The summed E-state index contributed by atoms with van der Waals surface area (Å²) in [7, 11) is 0. The van der Waals surface area contributed by atoms with Gasteiger partial charge in [0.05, 0.1) is 12.6 Å².